The number of rotatable bonds is 4. The number of benzene rings is 1. The maximum atomic E-state index is 12.9. The van der Waals surface area contributed by atoms with Crippen LogP contribution in [0.4, 0.5) is 5.69 Å². The summed E-state index contributed by atoms with van der Waals surface area (Å²) in [5.41, 5.74) is 1.52. The van der Waals surface area contributed by atoms with Crippen LogP contribution in [0, 0.1) is 5.92 Å². The van der Waals surface area contributed by atoms with Crippen molar-refractivity contribution in [2.75, 3.05) is 25.5 Å². The van der Waals surface area contributed by atoms with Crippen LogP contribution in [0.1, 0.15) is 37.2 Å². The maximum Gasteiger partial charge on any atom is 0.356 e. The second-order valence-corrected chi connectivity index (χ2v) is 8.02. The minimum absolute atomic E-state index is 0.0828. The fourth-order valence-corrected chi connectivity index (χ4v) is 3.89. The van der Waals surface area contributed by atoms with Crippen LogP contribution in [0.3, 0.4) is 0 Å². The summed E-state index contributed by atoms with van der Waals surface area (Å²) in [5.74, 6) is 0.144. The Morgan fingerprint density at radius 1 is 1.35 bits per heavy atom. The van der Waals surface area contributed by atoms with E-state index >= 15 is 0 Å². The number of likely N-dealkylation sites (tertiary alicyclic amines) is 1. The summed E-state index contributed by atoms with van der Waals surface area (Å²) in [4.78, 5) is 29.4. The summed E-state index contributed by atoms with van der Waals surface area (Å²) < 4.78 is 5.74. The number of quaternary nitrogens is 1. The van der Waals surface area contributed by atoms with Gasteiger partial charge in [-0.3, -0.25) is 4.79 Å². The third-order valence-electron chi connectivity index (χ3n) is 5.32. The Kier molecular flexibility index (Phi) is 5.67. The van der Waals surface area contributed by atoms with Gasteiger partial charge >= 0.3 is 5.97 Å². The molecule has 0 bridgehead atoms. The molecule has 0 spiro atoms. The summed E-state index contributed by atoms with van der Waals surface area (Å²) in [6.45, 7) is 6.20. The van der Waals surface area contributed by atoms with Gasteiger partial charge in [0.2, 0.25) is 0 Å². The van der Waals surface area contributed by atoms with Crippen LogP contribution >= 0.6 is 15.9 Å². The number of esters is 1. The number of halogens is 1. The molecule has 1 aliphatic rings. The third-order valence-corrected chi connectivity index (χ3v) is 5.81. The topological polar surface area (TPSA) is 75.6 Å². The fourth-order valence-electron chi connectivity index (χ4n) is 3.53. The van der Waals surface area contributed by atoms with Crippen LogP contribution in [0.2, 0.25) is 0 Å². The van der Waals surface area contributed by atoms with Crippen LogP contribution in [0.5, 0.6) is 0 Å². The molecule has 1 aromatic carbocycles. The quantitative estimate of drug-likeness (QED) is 0.661. The number of aromatic amines is 1. The van der Waals surface area contributed by atoms with Crippen molar-refractivity contribution in [2.45, 2.75) is 32.7 Å². The highest BCUT2D eigenvalue weighted by Gasteiger charge is 2.30. The largest absolute Gasteiger partial charge is 0.464 e. The first-order chi connectivity index (χ1) is 12.4. The number of piperidine rings is 1. The van der Waals surface area contributed by atoms with E-state index in [-0.39, 0.29) is 17.6 Å². The molecule has 7 heteroatoms. The van der Waals surface area contributed by atoms with Gasteiger partial charge in [0.1, 0.15) is 5.69 Å². The minimum Gasteiger partial charge on any atom is -0.464 e. The first-order valence-electron chi connectivity index (χ1n) is 8.95. The third kappa shape index (κ3) is 3.78. The predicted molar refractivity (Wildman–Crippen MR) is 105 cm³/mol. The van der Waals surface area contributed by atoms with Gasteiger partial charge < -0.3 is 19.9 Å². The minimum atomic E-state index is -0.501. The number of nitrogens with one attached hydrogen (secondary N) is 3. The van der Waals surface area contributed by atoms with Crippen molar-refractivity contribution in [3.8, 4) is 0 Å². The standard InChI is InChI=1S/C19H24BrN3O3/c1-11-6-8-23(9-7-11)12(2)18(24)22-16-14-10-13(20)4-5-15(14)21-17(16)19(25)26-3/h4-5,10-12,21H,6-9H2,1-3H3,(H,22,24)/p+1/t12-/m1/s1. The lowest BCUT2D eigenvalue weighted by Gasteiger charge is -2.31. The van der Waals surface area contributed by atoms with Gasteiger partial charge in [0, 0.05) is 15.4 Å². The monoisotopic (exact) mass is 422 g/mol. The van der Waals surface area contributed by atoms with E-state index < -0.39 is 5.97 Å². The summed E-state index contributed by atoms with van der Waals surface area (Å²) in [6.07, 6.45) is 2.28. The van der Waals surface area contributed by atoms with E-state index in [0.717, 1.165) is 47.2 Å². The number of methoxy groups -OCH3 is 1. The molecule has 0 unspecified atom stereocenters. The molecule has 0 aliphatic carbocycles. The highest BCUT2D eigenvalue weighted by atomic mass is 79.9. The molecule has 1 aliphatic heterocycles. The van der Waals surface area contributed by atoms with E-state index in [1.807, 2.05) is 25.1 Å². The number of carbonyl (C=O) groups is 2. The zero-order valence-electron chi connectivity index (χ0n) is 15.3. The van der Waals surface area contributed by atoms with Crippen molar-refractivity contribution in [3.05, 3.63) is 28.4 Å². The van der Waals surface area contributed by atoms with E-state index in [4.69, 9.17) is 4.74 Å². The molecule has 0 saturated carbocycles. The van der Waals surface area contributed by atoms with Gasteiger partial charge in [0.05, 0.1) is 25.9 Å². The smallest absolute Gasteiger partial charge is 0.356 e. The summed E-state index contributed by atoms with van der Waals surface area (Å²) in [5, 5.41) is 3.75. The lowest BCUT2D eigenvalue weighted by atomic mass is 9.98. The summed E-state index contributed by atoms with van der Waals surface area (Å²) in [6, 6.07) is 5.45. The molecule has 2 heterocycles. The zero-order chi connectivity index (χ0) is 18.8. The van der Waals surface area contributed by atoms with Crippen molar-refractivity contribution < 1.29 is 19.2 Å². The first kappa shape index (κ1) is 18.9. The van der Waals surface area contributed by atoms with Crippen LogP contribution < -0.4 is 10.2 Å². The number of anilines is 1. The number of ether oxygens (including phenoxy) is 1. The molecule has 3 N–H and O–H groups in total. The average Bonchev–Trinajstić information content (AvgIpc) is 2.98. The number of amides is 1. The van der Waals surface area contributed by atoms with E-state index in [1.165, 1.54) is 12.0 Å². The lowest BCUT2D eigenvalue weighted by molar-refractivity contribution is -0.919. The van der Waals surface area contributed by atoms with Gasteiger partial charge in [-0.25, -0.2) is 4.79 Å². The number of fused-ring (bicyclic) bond motifs is 1. The summed E-state index contributed by atoms with van der Waals surface area (Å²) >= 11 is 3.45. The molecule has 1 amide bonds. The molecule has 0 radical (unpaired) electrons. The Morgan fingerprint density at radius 2 is 2.04 bits per heavy atom. The molecule has 6 nitrogen and oxygen atoms in total. The molecule has 1 aromatic heterocycles. The van der Waals surface area contributed by atoms with Gasteiger partial charge in [0.15, 0.2) is 6.04 Å². The Balaban J connectivity index is 1.88. The van der Waals surface area contributed by atoms with Crippen molar-refractivity contribution in [3.63, 3.8) is 0 Å². The molecule has 140 valence electrons. The van der Waals surface area contributed by atoms with Crippen LogP contribution in [-0.4, -0.2) is 43.1 Å². The van der Waals surface area contributed by atoms with Crippen molar-refractivity contribution >= 4 is 44.4 Å². The molecular formula is C19H25BrN3O3+. The van der Waals surface area contributed by atoms with E-state index in [1.54, 1.807) is 0 Å². The van der Waals surface area contributed by atoms with Gasteiger partial charge in [-0.1, -0.05) is 22.9 Å². The Bertz CT molecular complexity index is 825. The van der Waals surface area contributed by atoms with E-state index in [0.29, 0.717) is 5.69 Å². The van der Waals surface area contributed by atoms with Crippen molar-refractivity contribution in [1.29, 1.82) is 0 Å². The van der Waals surface area contributed by atoms with Gasteiger partial charge in [0.25, 0.3) is 5.91 Å². The van der Waals surface area contributed by atoms with Crippen LogP contribution in [0.15, 0.2) is 22.7 Å². The second kappa shape index (κ2) is 7.80. The molecule has 3 rings (SSSR count). The van der Waals surface area contributed by atoms with E-state index in [9.17, 15) is 9.59 Å². The number of hydrogen-bond donors (Lipinski definition) is 3. The normalized spacial score (nSPS) is 21.4. The van der Waals surface area contributed by atoms with Crippen LogP contribution in [-0.2, 0) is 9.53 Å². The second-order valence-electron chi connectivity index (χ2n) is 7.11. The molecule has 26 heavy (non-hydrogen) atoms. The fraction of sp³-hybridized carbons (Fsp3) is 0.474. The molecule has 1 atom stereocenters. The Morgan fingerprint density at radius 3 is 2.69 bits per heavy atom. The Hall–Kier alpha value is -1.86. The number of hydrogen-bond acceptors (Lipinski definition) is 3. The van der Waals surface area contributed by atoms with Gasteiger partial charge in [-0.2, -0.15) is 0 Å². The average molecular weight is 423 g/mol. The summed E-state index contributed by atoms with van der Waals surface area (Å²) in [7, 11) is 1.33. The highest BCUT2D eigenvalue weighted by molar-refractivity contribution is 9.10. The highest BCUT2D eigenvalue weighted by Crippen LogP contribution is 2.30. The van der Waals surface area contributed by atoms with Gasteiger partial charge in [-0.05, 0) is 43.9 Å². The predicted octanol–water partition coefficient (Wildman–Crippen LogP) is 2.36. The number of aromatic nitrogens is 1. The lowest BCUT2D eigenvalue weighted by Crippen LogP contribution is -3.17. The maximum absolute atomic E-state index is 12.9. The van der Waals surface area contributed by atoms with Crippen LogP contribution in [0.25, 0.3) is 10.9 Å². The Labute approximate surface area is 161 Å². The molecule has 1 saturated heterocycles. The molecule has 2 aromatic rings. The molecule has 1 fully saturated rings. The van der Waals surface area contributed by atoms with Gasteiger partial charge in [-0.15, -0.1) is 0 Å². The number of carbonyl (C=O) groups excluding carboxylic acids is 2. The van der Waals surface area contributed by atoms with Crippen molar-refractivity contribution in [2.24, 2.45) is 5.92 Å². The number of H-pyrrole nitrogens is 1. The zero-order valence-corrected chi connectivity index (χ0v) is 16.9. The first-order valence-corrected chi connectivity index (χ1v) is 9.75. The van der Waals surface area contributed by atoms with Crippen molar-refractivity contribution in [1.82, 2.24) is 4.98 Å². The van der Waals surface area contributed by atoms with E-state index in [2.05, 4.69) is 33.2 Å². The molecular weight excluding hydrogens is 398 g/mol. The SMILES string of the molecule is COC(=O)c1[nH]c2ccc(Br)cc2c1NC(=O)[C@@H](C)[NH+]1CCC(C)CC1.